The van der Waals surface area contributed by atoms with Crippen LogP contribution in [0.3, 0.4) is 0 Å². The van der Waals surface area contributed by atoms with Crippen LogP contribution in [0.5, 0.6) is 0 Å². The van der Waals surface area contributed by atoms with Crippen molar-refractivity contribution in [3.05, 3.63) is 116 Å². The van der Waals surface area contributed by atoms with Crippen molar-refractivity contribution in [1.82, 2.24) is 0 Å². The first-order chi connectivity index (χ1) is 17.9. The molecule has 0 aliphatic rings. The average Bonchev–Trinajstić information content (AvgIpc) is 3.44. The molecule has 0 N–H and O–H groups in total. The van der Waals surface area contributed by atoms with Crippen LogP contribution in [-0.4, -0.2) is 16.8 Å². The Balaban J connectivity index is 0.00000308. The second kappa shape index (κ2) is 20.3. The van der Waals surface area contributed by atoms with Gasteiger partial charge in [-0.2, -0.15) is 0 Å². The number of ketones is 2. The van der Waals surface area contributed by atoms with Gasteiger partial charge in [0.25, 0.3) is 0 Å². The molecule has 0 spiro atoms. The summed E-state index contributed by atoms with van der Waals surface area (Å²) in [5.74, 6) is 0.933. The molecule has 0 saturated heterocycles. The maximum absolute atomic E-state index is 12.8. The van der Waals surface area contributed by atoms with Crippen LogP contribution < -0.4 is 0 Å². The number of hydrogen-bond donors (Lipinski definition) is 0. The molecule has 0 aliphatic carbocycles. The highest BCUT2D eigenvalue weighted by Crippen LogP contribution is 2.38. The van der Waals surface area contributed by atoms with Gasteiger partial charge in [-0.15, -0.1) is 47.7 Å². The Labute approximate surface area is 236 Å². The molecule has 37 heavy (non-hydrogen) atoms. The number of hydrogen-bond acceptors (Lipinski definition) is 5. The molecule has 0 saturated carbocycles. The van der Waals surface area contributed by atoms with Gasteiger partial charge in [-0.3, -0.25) is 9.59 Å². The molecular weight excluding hydrogens is 513 g/mol. The van der Waals surface area contributed by atoms with Crippen LogP contribution >= 0.6 is 34.9 Å². The SMILES string of the molecule is C#C.C=C/C=C\C(=C/C)C(=O)C(C)SC(=C\C)/C(=C/C)SCc1ccc(C(=O)c2ccccc2)s1.CC. The van der Waals surface area contributed by atoms with E-state index in [9.17, 15) is 9.59 Å². The number of thioether (sulfide) groups is 2. The number of rotatable bonds is 12. The van der Waals surface area contributed by atoms with Gasteiger partial charge < -0.3 is 0 Å². The Bertz CT molecular complexity index is 1130. The van der Waals surface area contributed by atoms with Crippen molar-refractivity contribution in [2.75, 3.05) is 0 Å². The molecular formula is C32H38O2S3. The third kappa shape index (κ3) is 11.4. The molecule has 196 valence electrons. The molecule has 2 aromatic rings. The van der Waals surface area contributed by atoms with Crippen molar-refractivity contribution in [3.63, 3.8) is 0 Å². The number of carbonyl (C=O) groups is 2. The first-order valence-corrected chi connectivity index (χ1v) is 14.8. The Morgan fingerprint density at radius 2 is 1.59 bits per heavy atom. The summed E-state index contributed by atoms with van der Waals surface area (Å²) in [7, 11) is 0. The minimum absolute atomic E-state index is 0.0606. The number of carbonyl (C=O) groups excluding carboxylic acids is 2. The number of thiophene rings is 1. The summed E-state index contributed by atoms with van der Waals surface area (Å²) in [5, 5.41) is -0.204. The zero-order valence-corrected chi connectivity index (χ0v) is 25.1. The summed E-state index contributed by atoms with van der Waals surface area (Å²) < 4.78 is 0. The van der Waals surface area contributed by atoms with E-state index >= 15 is 0 Å². The largest absolute Gasteiger partial charge is 0.293 e. The van der Waals surface area contributed by atoms with E-state index in [2.05, 4.69) is 31.6 Å². The van der Waals surface area contributed by atoms with Crippen LogP contribution in [0.1, 0.15) is 61.7 Å². The van der Waals surface area contributed by atoms with E-state index in [0.29, 0.717) is 11.1 Å². The van der Waals surface area contributed by atoms with E-state index in [1.54, 1.807) is 41.8 Å². The van der Waals surface area contributed by atoms with E-state index in [1.807, 2.05) is 90.1 Å². The van der Waals surface area contributed by atoms with Gasteiger partial charge in [-0.1, -0.05) is 87.2 Å². The van der Waals surface area contributed by atoms with E-state index < -0.39 is 0 Å². The second-order valence-electron chi connectivity index (χ2n) is 7.02. The van der Waals surface area contributed by atoms with Gasteiger partial charge in [0.1, 0.15) is 0 Å². The normalized spacial score (nSPS) is 12.6. The predicted octanol–water partition coefficient (Wildman–Crippen LogP) is 9.67. The molecule has 2 rings (SSSR count). The van der Waals surface area contributed by atoms with Crippen molar-refractivity contribution in [2.24, 2.45) is 0 Å². The first-order valence-electron chi connectivity index (χ1n) is 12.1. The van der Waals surface area contributed by atoms with Crippen molar-refractivity contribution >= 4 is 46.4 Å². The minimum Gasteiger partial charge on any atom is -0.293 e. The number of terminal acetylenes is 1. The number of benzene rings is 1. The minimum atomic E-state index is -0.204. The van der Waals surface area contributed by atoms with Crippen LogP contribution in [0.25, 0.3) is 0 Å². The van der Waals surface area contributed by atoms with Gasteiger partial charge in [-0.05, 0) is 39.8 Å². The maximum Gasteiger partial charge on any atom is 0.202 e. The molecule has 0 aliphatic heterocycles. The fraction of sp³-hybridized carbons (Fsp3) is 0.250. The van der Waals surface area contributed by atoms with Gasteiger partial charge in [0.05, 0.1) is 10.1 Å². The van der Waals surface area contributed by atoms with Gasteiger partial charge in [0.2, 0.25) is 5.78 Å². The third-order valence-corrected chi connectivity index (χ3v) is 8.63. The third-order valence-electron chi connectivity index (χ3n) is 4.74. The standard InChI is InChI=1S/C28H30O2S3.C2H6.C2H2/c1-6-10-14-21(7-2)27(29)20(5)32-25(9-4)24(8-3)31-19-23-17-18-26(33-23)28(30)22-15-12-11-13-16-22;2*1-2/h6-18,20H,1,19H2,2-5H3;1-2H3;1-2H/b14-10-,21-7+,24-8-,25-9-;;. The lowest BCUT2D eigenvalue weighted by atomic mass is 10.1. The molecule has 1 aromatic heterocycles. The monoisotopic (exact) mass is 550 g/mol. The summed E-state index contributed by atoms with van der Waals surface area (Å²) in [6.45, 7) is 15.5. The number of allylic oxidation sites excluding steroid dienone is 7. The molecule has 1 heterocycles. The van der Waals surface area contributed by atoms with Crippen molar-refractivity contribution in [2.45, 2.75) is 52.5 Å². The Hall–Kier alpha value is -2.78. The summed E-state index contributed by atoms with van der Waals surface area (Å²) >= 11 is 4.84. The Morgan fingerprint density at radius 3 is 2.14 bits per heavy atom. The number of Topliss-reactive ketones (excluding diaryl/α,β-unsaturated/α-hetero) is 1. The van der Waals surface area contributed by atoms with E-state index in [-0.39, 0.29) is 16.8 Å². The molecule has 0 bridgehead atoms. The zero-order chi connectivity index (χ0) is 28.2. The smallest absolute Gasteiger partial charge is 0.202 e. The van der Waals surface area contributed by atoms with E-state index in [4.69, 9.17) is 0 Å². The summed E-state index contributed by atoms with van der Waals surface area (Å²) in [6.07, 6.45) is 19.2. The predicted molar refractivity (Wildman–Crippen MR) is 169 cm³/mol. The highest BCUT2D eigenvalue weighted by atomic mass is 32.2. The highest BCUT2D eigenvalue weighted by molar-refractivity contribution is 8.08. The van der Waals surface area contributed by atoms with E-state index in [0.717, 1.165) is 25.3 Å². The highest BCUT2D eigenvalue weighted by Gasteiger charge is 2.20. The Kier molecular flexibility index (Phi) is 18.8. The van der Waals surface area contributed by atoms with Crippen LogP contribution in [0.4, 0.5) is 0 Å². The van der Waals surface area contributed by atoms with Gasteiger partial charge in [0, 0.05) is 31.6 Å². The summed E-state index contributed by atoms with van der Waals surface area (Å²) in [6, 6.07) is 13.3. The second-order valence-corrected chi connectivity index (χ2v) is 10.6. The van der Waals surface area contributed by atoms with Gasteiger partial charge in [-0.25, -0.2) is 0 Å². The lowest BCUT2D eigenvalue weighted by Crippen LogP contribution is -2.15. The van der Waals surface area contributed by atoms with Crippen LogP contribution in [0.15, 0.2) is 101 Å². The maximum atomic E-state index is 12.8. The van der Waals surface area contributed by atoms with Gasteiger partial charge in [0.15, 0.2) is 5.78 Å². The molecule has 1 unspecified atom stereocenters. The molecule has 1 aromatic carbocycles. The fourth-order valence-electron chi connectivity index (χ4n) is 2.99. The van der Waals surface area contributed by atoms with Crippen LogP contribution in [0, 0.1) is 12.8 Å². The molecule has 1 atom stereocenters. The summed E-state index contributed by atoms with van der Waals surface area (Å²) in [5.41, 5.74) is 1.40. The average molecular weight is 551 g/mol. The van der Waals surface area contributed by atoms with Crippen molar-refractivity contribution in [1.29, 1.82) is 0 Å². The van der Waals surface area contributed by atoms with Crippen molar-refractivity contribution < 1.29 is 9.59 Å². The van der Waals surface area contributed by atoms with Crippen molar-refractivity contribution in [3.8, 4) is 12.8 Å². The zero-order valence-electron chi connectivity index (χ0n) is 22.7. The molecule has 0 amide bonds. The van der Waals surface area contributed by atoms with Crippen LogP contribution in [0.2, 0.25) is 0 Å². The Morgan fingerprint density at radius 1 is 0.973 bits per heavy atom. The van der Waals surface area contributed by atoms with E-state index in [1.165, 1.54) is 11.3 Å². The molecule has 5 heteroatoms. The lowest BCUT2D eigenvalue weighted by Gasteiger charge is -2.16. The topological polar surface area (TPSA) is 34.1 Å². The molecule has 0 radical (unpaired) electrons. The van der Waals surface area contributed by atoms with Gasteiger partial charge >= 0.3 is 0 Å². The molecule has 2 nitrogen and oxygen atoms in total. The fourth-order valence-corrected chi connectivity index (χ4v) is 6.31. The van der Waals surface area contributed by atoms with Crippen LogP contribution in [-0.2, 0) is 10.5 Å². The first kappa shape index (κ1) is 34.2. The molecule has 0 fully saturated rings. The quantitative estimate of drug-likeness (QED) is 0.114. The lowest BCUT2D eigenvalue weighted by molar-refractivity contribution is -0.114. The summed E-state index contributed by atoms with van der Waals surface area (Å²) in [4.78, 5) is 29.6.